The monoisotopic (exact) mass is 400 g/mol. The number of halogens is 1. The smallest absolute Gasteiger partial charge is 0.303 e. The molecular formula is C24H29FO4. The highest BCUT2D eigenvalue weighted by atomic mass is 19.1. The molecular weight excluding hydrogens is 371 g/mol. The first-order valence-electron chi connectivity index (χ1n) is 10.3. The first kappa shape index (κ1) is 21.3. The second kappa shape index (κ2) is 10.4. The number of benzene rings is 1. The molecule has 1 aromatic rings. The van der Waals surface area contributed by atoms with Crippen LogP contribution >= 0.6 is 0 Å². The van der Waals surface area contributed by atoms with Gasteiger partial charge in [0.1, 0.15) is 24.3 Å². The van der Waals surface area contributed by atoms with E-state index < -0.39 is 12.1 Å². The molecule has 4 nitrogen and oxygen atoms in total. The summed E-state index contributed by atoms with van der Waals surface area (Å²) in [4.78, 5) is 10.6. The van der Waals surface area contributed by atoms with Gasteiger partial charge in [-0.15, -0.1) is 0 Å². The van der Waals surface area contributed by atoms with Crippen LogP contribution in [0.3, 0.4) is 0 Å². The summed E-state index contributed by atoms with van der Waals surface area (Å²) in [5, 5.41) is 18.9. The lowest BCUT2D eigenvalue weighted by molar-refractivity contribution is -0.137. The number of hydrogen-bond acceptors (Lipinski definition) is 3. The number of rotatable bonds is 11. The second-order valence-electron chi connectivity index (χ2n) is 7.90. The minimum Gasteiger partial charge on any atom is -0.491 e. The summed E-state index contributed by atoms with van der Waals surface area (Å²) in [6, 6.07) is 5.76. The molecule has 5 heteroatoms. The lowest BCUT2D eigenvalue weighted by Crippen LogP contribution is -2.19. The molecule has 156 valence electrons. The number of unbranched alkanes of at least 4 members (excludes halogenated alkanes) is 1. The number of allylic oxidation sites excluding steroid dienone is 5. The number of carboxylic acid groups (broad SMARTS) is 1. The molecule has 29 heavy (non-hydrogen) atoms. The van der Waals surface area contributed by atoms with Crippen molar-refractivity contribution in [1.82, 2.24) is 0 Å². The van der Waals surface area contributed by atoms with Crippen molar-refractivity contribution in [2.45, 2.75) is 38.2 Å². The van der Waals surface area contributed by atoms with Gasteiger partial charge >= 0.3 is 5.97 Å². The van der Waals surface area contributed by atoms with Crippen LogP contribution in [0, 0.1) is 29.5 Å². The first-order chi connectivity index (χ1) is 14.0. The number of fused-ring (bicyclic) bond motifs is 2. The van der Waals surface area contributed by atoms with Crippen molar-refractivity contribution in [2.75, 3.05) is 6.61 Å². The Kier molecular flexibility index (Phi) is 7.64. The van der Waals surface area contributed by atoms with Gasteiger partial charge in [0, 0.05) is 6.42 Å². The largest absolute Gasteiger partial charge is 0.491 e. The number of aliphatic carboxylic acids is 1. The van der Waals surface area contributed by atoms with E-state index in [1.54, 1.807) is 12.1 Å². The summed E-state index contributed by atoms with van der Waals surface area (Å²) in [5.41, 5.74) is 0. The Morgan fingerprint density at radius 2 is 1.97 bits per heavy atom. The molecule has 0 amide bonds. The molecule has 3 rings (SSSR count). The zero-order chi connectivity index (χ0) is 20.6. The molecule has 5 atom stereocenters. The predicted molar refractivity (Wildman–Crippen MR) is 110 cm³/mol. The molecule has 1 saturated carbocycles. The van der Waals surface area contributed by atoms with Gasteiger partial charge < -0.3 is 14.9 Å². The Morgan fingerprint density at radius 1 is 1.21 bits per heavy atom. The summed E-state index contributed by atoms with van der Waals surface area (Å²) in [7, 11) is 0. The minimum atomic E-state index is -0.746. The van der Waals surface area contributed by atoms with Crippen LogP contribution < -0.4 is 4.74 Å². The molecule has 0 spiro atoms. The van der Waals surface area contributed by atoms with E-state index in [9.17, 15) is 14.3 Å². The summed E-state index contributed by atoms with van der Waals surface area (Å²) >= 11 is 0. The van der Waals surface area contributed by atoms with Crippen LogP contribution in [0.1, 0.15) is 32.1 Å². The molecule has 0 radical (unpaired) electrons. The molecule has 1 aromatic carbocycles. The van der Waals surface area contributed by atoms with E-state index in [0.717, 1.165) is 19.3 Å². The van der Waals surface area contributed by atoms with Gasteiger partial charge in [0.15, 0.2) is 0 Å². The van der Waals surface area contributed by atoms with Gasteiger partial charge in [0.2, 0.25) is 0 Å². The standard InChI is InChI=1S/C24H29FO4/c25-19-9-12-21(13-10-19)29-16-20(26)11-14-23-18-8-7-17(15-18)22(23)5-3-1-2-4-6-24(27)28/h1,3,7-14,17-18,20,22-23,26H,2,4-6,15-16H2,(H,27,28)/b3-1-,14-11+/t17?,18?,20-,22-,23-/m0/s1. The normalized spacial score (nSPS) is 26.6. The summed E-state index contributed by atoms with van der Waals surface area (Å²) < 4.78 is 18.4. The fourth-order valence-electron chi connectivity index (χ4n) is 4.35. The predicted octanol–water partition coefficient (Wildman–Crippen LogP) is 4.76. The SMILES string of the molecule is O=C(O)CCC/C=C\C[C@H]1C2C=CC(C2)[C@@H]1/C=C/[C@H](O)COc1ccc(F)cc1. The Labute approximate surface area is 171 Å². The number of ether oxygens (including phenoxy) is 1. The van der Waals surface area contributed by atoms with Gasteiger partial charge in [-0.25, -0.2) is 4.39 Å². The van der Waals surface area contributed by atoms with Gasteiger partial charge in [-0.05, 0) is 73.6 Å². The molecule has 2 bridgehead atoms. The molecule has 2 aliphatic carbocycles. The van der Waals surface area contributed by atoms with Crippen molar-refractivity contribution in [1.29, 1.82) is 0 Å². The number of aliphatic hydroxyl groups is 1. The Balaban J connectivity index is 1.47. The second-order valence-corrected chi connectivity index (χ2v) is 7.90. The summed E-state index contributed by atoms with van der Waals surface area (Å²) in [6.45, 7) is 0.132. The van der Waals surface area contributed by atoms with E-state index in [2.05, 4.69) is 30.4 Å². The van der Waals surface area contributed by atoms with Crippen molar-refractivity contribution in [3.05, 3.63) is 66.5 Å². The number of carboxylic acids is 1. The van der Waals surface area contributed by atoms with Crippen molar-refractivity contribution in [3.63, 3.8) is 0 Å². The van der Waals surface area contributed by atoms with Crippen LogP contribution in [0.25, 0.3) is 0 Å². The topological polar surface area (TPSA) is 66.8 Å². The van der Waals surface area contributed by atoms with Gasteiger partial charge in [-0.2, -0.15) is 0 Å². The lowest BCUT2D eigenvalue weighted by Gasteiger charge is -2.25. The summed E-state index contributed by atoms with van der Waals surface area (Å²) in [5.74, 6) is 1.48. The van der Waals surface area contributed by atoms with Crippen LogP contribution in [0.5, 0.6) is 5.75 Å². The van der Waals surface area contributed by atoms with Crippen molar-refractivity contribution < 1.29 is 24.1 Å². The maximum Gasteiger partial charge on any atom is 0.303 e. The molecule has 0 aliphatic heterocycles. The molecule has 2 aliphatic rings. The zero-order valence-corrected chi connectivity index (χ0v) is 16.5. The highest BCUT2D eigenvalue weighted by Gasteiger charge is 2.42. The molecule has 0 heterocycles. The molecule has 1 fully saturated rings. The van der Waals surface area contributed by atoms with Crippen molar-refractivity contribution >= 4 is 5.97 Å². The maximum absolute atomic E-state index is 12.9. The quantitative estimate of drug-likeness (QED) is 0.415. The van der Waals surface area contributed by atoms with E-state index in [1.165, 1.54) is 12.1 Å². The van der Waals surface area contributed by atoms with Gasteiger partial charge in [-0.3, -0.25) is 4.79 Å². The first-order valence-corrected chi connectivity index (χ1v) is 10.3. The Bertz CT molecular complexity index is 753. The zero-order valence-electron chi connectivity index (χ0n) is 16.5. The van der Waals surface area contributed by atoms with E-state index in [0.29, 0.717) is 35.8 Å². The van der Waals surface area contributed by atoms with Crippen molar-refractivity contribution in [3.8, 4) is 5.75 Å². The highest BCUT2D eigenvalue weighted by molar-refractivity contribution is 5.66. The van der Waals surface area contributed by atoms with Crippen LogP contribution in [-0.4, -0.2) is 28.9 Å². The van der Waals surface area contributed by atoms with Crippen LogP contribution in [-0.2, 0) is 4.79 Å². The van der Waals surface area contributed by atoms with E-state index in [4.69, 9.17) is 9.84 Å². The number of carbonyl (C=O) groups is 1. The number of hydrogen-bond donors (Lipinski definition) is 2. The minimum absolute atomic E-state index is 0.132. The van der Waals surface area contributed by atoms with Crippen LogP contribution in [0.2, 0.25) is 0 Å². The summed E-state index contributed by atoms with van der Waals surface area (Å²) in [6.07, 6.45) is 15.9. The van der Waals surface area contributed by atoms with Crippen LogP contribution in [0.15, 0.2) is 60.7 Å². The maximum atomic E-state index is 12.9. The van der Waals surface area contributed by atoms with E-state index in [1.807, 2.05) is 6.08 Å². The average Bonchev–Trinajstić information content (AvgIpc) is 3.30. The fraction of sp³-hybridized carbons (Fsp3) is 0.458. The molecule has 2 unspecified atom stereocenters. The Morgan fingerprint density at radius 3 is 2.72 bits per heavy atom. The van der Waals surface area contributed by atoms with Gasteiger partial charge in [-0.1, -0.05) is 36.5 Å². The fourth-order valence-corrected chi connectivity index (χ4v) is 4.35. The third kappa shape index (κ3) is 6.29. The van der Waals surface area contributed by atoms with Gasteiger partial charge in [0.25, 0.3) is 0 Å². The van der Waals surface area contributed by atoms with Gasteiger partial charge in [0.05, 0.1) is 0 Å². The third-order valence-electron chi connectivity index (χ3n) is 5.81. The lowest BCUT2D eigenvalue weighted by atomic mass is 9.80. The molecule has 0 aromatic heterocycles. The van der Waals surface area contributed by atoms with E-state index >= 15 is 0 Å². The average molecular weight is 400 g/mol. The van der Waals surface area contributed by atoms with Crippen LogP contribution in [0.4, 0.5) is 4.39 Å². The molecule has 2 N–H and O–H groups in total. The van der Waals surface area contributed by atoms with Crippen molar-refractivity contribution in [2.24, 2.45) is 23.7 Å². The molecule has 0 saturated heterocycles. The Hall–Kier alpha value is -2.40. The third-order valence-corrected chi connectivity index (χ3v) is 5.81. The number of aliphatic hydroxyl groups excluding tert-OH is 1. The van der Waals surface area contributed by atoms with E-state index in [-0.39, 0.29) is 18.8 Å². The highest BCUT2D eigenvalue weighted by Crippen LogP contribution is 2.50.